The molecule has 3 rings (SSSR count). The first kappa shape index (κ1) is 18.3. The zero-order valence-corrected chi connectivity index (χ0v) is 15.3. The van der Waals surface area contributed by atoms with Gasteiger partial charge >= 0.3 is 0 Å². The summed E-state index contributed by atoms with van der Waals surface area (Å²) in [5.74, 6) is 0.0808. The summed E-state index contributed by atoms with van der Waals surface area (Å²) in [5, 5.41) is 0. The highest BCUT2D eigenvalue weighted by atomic mass is 16.5. The van der Waals surface area contributed by atoms with Gasteiger partial charge in [-0.25, -0.2) is 0 Å². The van der Waals surface area contributed by atoms with E-state index in [2.05, 4.69) is 16.8 Å². The minimum absolute atomic E-state index is 0.0808. The van der Waals surface area contributed by atoms with Crippen LogP contribution in [0.3, 0.4) is 0 Å². The Kier molecular flexibility index (Phi) is 6.39. The molecule has 2 saturated heterocycles. The van der Waals surface area contributed by atoms with Crippen LogP contribution in [0.2, 0.25) is 0 Å². The first-order valence-electron chi connectivity index (χ1n) is 9.31. The van der Waals surface area contributed by atoms with E-state index in [1.54, 1.807) is 13.3 Å². The maximum atomic E-state index is 12.8. The van der Waals surface area contributed by atoms with Crippen molar-refractivity contribution in [2.24, 2.45) is 0 Å². The van der Waals surface area contributed by atoms with Gasteiger partial charge in [0, 0.05) is 51.2 Å². The van der Waals surface area contributed by atoms with E-state index in [-0.39, 0.29) is 12.0 Å². The molecule has 2 aliphatic heterocycles. The molecule has 2 unspecified atom stereocenters. The van der Waals surface area contributed by atoms with Gasteiger partial charge in [0.15, 0.2) is 0 Å². The van der Waals surface area contributed by atoms with E-state index in [9.17, 15) is 4.79 Å². The summed E-state index contributed by atoms with van der Waals surface area (Å²) in [6.07, 6.45) is 4.64. The van der Waals surface area contributed by atoms with Gasteiger partial charge < -0.3 is 14.4 Å². The van der Waals surface area contributed by atoms with Crippen LogP contribution < -0.4 is 0 Å². The van der Waals surface area contributed by atoms with Crippen molar-refractivity contribution in [3.8, 4) is 0 Å². The molecule has 1 amide bonds. The number of hydrogen-bond acceptors (Lipinski definition) is 5. The number of rotatable bonds is 5. The van der Waals surface area contributed by atoms with Gasteiger partial charge in [-0.1, -0.05) is 6.92 Å². The molecule has 25 heavy (non-hydrogen) atoms. The minimum atomic E-state index is 0.0808. The highest BCUT2D eigenvalue weighted by molar-refractivity contribution is 5.93. The standard InChI is InChI=1S/C19H29N3O3/c1-3-16-5-4-15(14-20-16)19(23)22-8-6-17-18(7-9-22)25-13-11-21(17)10-12-24-2/h4-5,14,17-18H,3,6-13H2,1-2H3. The molecule has 0 N–H and O–H groups in total. The number of carbonyl (C=O) groups excluding carboxylic acids is 1. The molecule has 0 radical (unpaired) electrons. The Morgan fingerprint density at radius 1 is 1.32 bits per heavy atom. The molecular formula is C19H29N3O3. The third-order valence-corrected chi connectivity index (χ3v) is 5.29. The summed E-state index contributed by atoms with van der Waals surface area (Å²) < 4.78 is 11.2. The predicted octanol–water partition coefficient (Wildman–Crippen LogP) is 1.60. The van der Waals surface area contributed by atoms with Crippen molar-refractivity contribution in [2.45, 2.75) is 38.3 Å². The maximum absolute atomic E-state index is 12.8. The molecule has 6 heteroatoms. The quantitative estimate of drug-likeness (QED) is 0.810. The summed E-state index contributed by atoms with van der Waals surface area (Å²) in [7, 11) is 1.74. The Balaban J connectivity index is 1.64. The highest BCUT2D eigenvalue weighted by Gasteiger charge is 2.35. The Morgan fingerprint density at radius 2 is 2.16 bits per heavy atom. The summed E-state index contributed by atoms with van der Waals surface area (Å²) in [5.41, 5.74) is 1.69. The molecule has 0 aromatic carbocycles. The topological polar surface area (TPSA) is 54.9 Å². The normalized spacial score (nSPS) is 24.6. The van der Waals surface area contributed by atoms with Crippen LogP contribution in [0.4, 0.5) is 0 Å². The summed E-state index contributed by atoms with van der Waals surface area (Å²) in [6, 6.07) is 4.22. The summed E-state index contributed by atoms with van der Waals surface area (Å²) in [4.78, 5) is 21.6. The zero-order valence-electron chi connectivity index (χ0n) is 15.3. The SMILES string of the molecule is CCc1ccc(C(=O)N2CCC3OCCN(CCOC)C3CC2)cn1. The first-order valence-corrected chi connectivity index (χ1v) is 9.31. The number of aryl methyl sites for hydroxylation is 1. The van der Waals surface area contributed by atoms with Gasteiger partial charge in [0.05, 0.1) is 24.9 Å². The Bertz CT molecular complexity index is 564. The molecule has 3 heterocycles. The van der Waals surface area contributed by atoms with E-state index in [4.69, 9.17) is 9.47 Å². The van der Waals surface area contributed by atoms with Crippen LogP contribution in [-0.2, 0) is 15.9 Å². The Morgan fingerprint density at radius 3 is 2.88 bits per heavy atom. The zero-order chi connectivity index (χ0) is 17.6. The molecule has 138 valence electrons. The fourth-order valence-electron chi connectivity index (χ4n) is 3.79. The van der Waals surface area contributed by atoms with Crippen molar-refractivity contribution < 1.29 is 14.3 Å². The molecule has 2 atom stereocenters. The molecule has 1 aromatic rings. The Hall–Kier alpha value is -1.50. The number of methoxy groups -OCH3 is 1. The number of likely N-dealkylation sites (tertiary alicyclic amines) is 1. The van der Waals surface area contributed by atoms with Crippen LogP contribution in [0.15, 0.2) is 18.3 Å². The van der Waals surface area contributed by atoms with Crippen molar-refractivity contribution >= 4 is 5.91 Å². The number of pyridine rings is 1. The van der Waals surface area contributed by atoms with Crippen LogP contribution in [0.1, 0.15) is 35.8 Å². The molecular weight excluding hydrogens is 318 g/mol. The van der Waals surface area contributed by atoms with Crippen molar-refractivity contribution in [2.75, 3.05) is 46.5 Å². The lowest BCUT2D eigenvalue weighted by atomic mass is 10.0. The highest BCUT2D eigenvalue weighted by Crippen LogP contribution is 2.24. The minimum Gasteiger partial charge on any atom is -0.383 e. The fraction of sp³-hybridized carbons (Fsp3) is 0.684. The van der Waals surface area contributed by atoms with Gasteiger partial charge in [-0.3, -0.25) is 14.7 Å². The van der Waals surface area contributed by atoms with Gasteiger partial charge in [-0.05, 0) is 31.4 Å². The number of ether oxygens (including phenoxy) is 2. The molecule has 0 spiro atoms. The van der Waals surface area contributed by atoms with Gasteiger partial charge in [-0.15, -0.1) is 0 Å². The number of aromatic nitrogens is 1. The van der Waals surface area contributed by atoms with Gasteiger partial charge in [-0.2, -0.15) is 0 Å². The van der Waals surface area contributed by atoms with Crippen molar-refractivity contribution in [3.05, 3.63) is 29.6 Å². The van der Waals surface area contributed by atoms with Crippen LogP contribution in [0.5, 0.6) is 0 Å². The first-order chi connectivity index (χ1) is 12.2. The van der Waals surface area contributed by atoms with E-state index >= 15 is 0 Å². The molecule has 0 bridgehead atoms. The average Bonchev–Trinajstić information content (AvgIpc) is 2.89. The molecule has 6 nitrogen and oxygen atoms in total. The van der Waals surface area contributed by atoms with E-state index in [1.807, 2.05) is 17.0 Å². The Labute approximate surface area is 150 Å². The predicted molar refractivity (Wildman–Crippen MR) is 95.7 cm³/mol. The number of hydrogen-bond donors (Lipinski definition) is 0. The van der Waals surface area contributed by atoms with Crippen molar-refractivity contribution in [3.63, 3.8) is 0 Å². The van der Waals surface area contributed by atoms with Crippen molar-refractivity contribution in [1.29, 1.82) is 0 Å². The van der Waals surface area contributed by atoms with Crippen LogP contribution in [0, 0.1) is 0 Å². The summed E-state index contributed by atoms with van der Waals surface area (Å²) >= 11 is 0. The van der Waals surface area contributed by atoms with Gasteiger partial charge in [0.25, 0.3) is 5.91 Å². The van der Waals surface area contributed by atoms with Crippen LogP contribution >= 0.6 is 0 Å². The number of morpholine rings is 1. The molecule has 0 saturated carbocycles. The van der Waals surface area contributed by atoms with Crippen LogP contribution in [0.25, 0.3) is 0 Å². The van der Waals surface area contributed by atoms with E-state index in [0.29, 0.717) is 11.6 Å². The lowest BCUT2D eigenvalue weighted by Gasteiger charge is -2.40. The lowest BCUT2D eigenvalue weighted by Crippen LogP contribution is -2.52. The lowest BCUT2D eigenvalue weighted by molar-refractivity contribution is -0.0761. The molecule has 2 fully saturated rings. The van der Waals surface area contributed by atoms with E-state index in [1.165, 1.54) is 0 Å². The van der Waals surface area contributed by atoms with E-state index in [0.717, 1.165) is 64.3 Å². The van der Waals surface area contributed by atoms with Gasteiger partial charge in [0.1, 0.15) is 0 Å². The number of carbonyl (C=O) groups is 1. The molecule has 2 aliphatic rings. The monoisotopic (exact) mass is 347 g/mol. The second-order valence-corrected chi connectivity index (χ2v) is 6.77. The van der Waals surface area contributed by atoms with Crippen molar-refractivity contribution in [1.82, 2.24) is 14.8 Å². The summed E-state index contributed by atoms with van der Waals surface area (Å²) in [6.45, 7) is 6.95. The fourth-order valence-corrected chi connectivity index (χ4v) is 3.79. The third kappa shape index (κ3) is 4.37. The third-order valence-electron chi connectivity index (χ3n) is 5.29. The van der Waals surface area contributed by atoms with Crippen LogP contribution in [-0.4, -0.2) is 79.3 Å². The van der Waals surface area contributed by atoms with Gasteiger partial charge in [0.2, 0.25) is 0 Å². The maximum Gasteiger partial charge on any atom is 0.255 e. The second kappa shape index (κ2) is 8.74. The smallest absolute Gasteiger partial charge is 0.255 e. The molecule has 0 aliphatic carbocycles. The number of fused-ring (bicyclic) bond motifs is 1. The number of nitrogens with zero attached hydrogens (tertiary/aromatic N) is 3. The van der Waals surface area contributed by atoms with E-state index < -0.39 is 0 Å². The molecule has 1 aromatic heterocycles. The second-order valence-electron chi connectivity index (χ2n) is 6.77. The average molecular weight is 347 g/mol. The number of amides is 1. The largest absolute Gasteiger partial charge is 0.383 e.